The number of carboxylic acids is 1. The van der Waals surface area contributed by atoms with Gasteiger partial charge in [-0.05, 0) is 36.6 Å². The zero-order valence-corrected chi connectivity index (χ0v) is 13.7. The molecule has 0 aliphatic carbocycles. The van der Waals surface area contributed by atoms with E-state index in [9.17, 15) is 9.90 Å². The average molecular weight is 341 g/mol. The van der Waals surface area contributed by atoms with Gasteiger partial charge in [0.2, 0.25) is 0 Å². The van der Waals surface area contributed by atoms with Gasteiger partial charge < -0.3 is 9.84 Å². The fourth-order valence-corrected chi connectivity index (χ4v) is 4.47. The van der Waals surface area contributed by atoms with Crippen LogP contribution in [0.15, 0.2) is 41.9 Å². The Morgan fingerprint density at radius 1 is 1.26 bits per heavy atom. The molecule has 1 aromatic carbocycles. The summed E-state index contributed by atoms with van der Waals surface area (Å²) in [5.74, 6) is 0.560. The number of rotatable bonds is 3. The van der Waals surface area contributed by atoms with Gasteiger partial charge in [-0.2, -0.15) is 0 Å². The summed E-state index contributed by atoms with van der Waals surface area (Å²) in [5, 5.41) is 12.1. The summed E-state index contributed by atoms with van der Waals surface area (Å²) >= 11 is 3.05. The number of fused-ring (bicyclic) bond motifs is 2. The Balaban J connectivity index is 1.78. The maximum atomic E-state index is 11.4. The highest BCUT2D eigenvalue weighted by molar-refractivity contribution is 7.19. The number of hydrogen-bond donors (Lipinski definition) is 1. The number of nitrogens with zero attached hydrogens (tertiary/aromatic N) is 1. The predicted molar refractivity (Wildman–Crippen MR) is 93.2 cm³/mol. The lowest BCUT2D eigenvalue weighted by Crippen LogP contribution is -1.96. The first-order valence-corrected chi connectivity index (χ1v) is 8.59. The molecule has 4 rings (SSSR count). The van der Waals surface area contributed by atoms with Crippen LogP contribution in [-0.2, 0) is 0 Å². The van der Waals surface area contributed by atoms with Crippen LogP contribution < -0.4 is 4.74 Å². The SMILES string of the molecule is Cc1sc2cc(Oc3ccnc4ccsc34)ccc2c1C(=O)O. The van der Waals surface area contributed by atoms with Crippen molar-refractivity contribution in [3.8, 4) is 11.5 Å². The van der Waals surface area contributed by atoms with Crippen molar-refractivity contribution in [1.82, 2.24) is 4.98 Å². The van der Waals surface area contributed by atoms with Crippen molar-refractivity contribution in [2.45, 2.75) is 6.92 Å². The van der Waals surface area contributed by atoms with Crippen LogP contribution in [0, 0.1) is 6.92 Å². The fourth-order valence-electron chi connectivity index (χ4n) is 2.59. The molecule has 0 saturated heterocycles. The van der Waals surface area contributed by atoms with Crippen LogP contribution in [0.5, 0.6) is 11.5 Å². The summed E-state index contributed by atoms with van der Waals surface area (Å²) in [4.78, 5) is 16.5. The van der Waals surface area contributed by atoms with E-state index in [2.05, 4.69) is 4.98 Å². The molecule has 6 heteroatoms. The van der Waals surface area contributed by atoms with E-state index in [4.69, 9.17) is 4.74 Å². The summed E-state index contributed by atoms with van der Waals surface area (Å²) in [7, 11) is 0. The second-order valence-corrected chi connectivity index (χ2v) is 7.21. The number of benzene rings is 1. The summed E-state index contributed by atoms with van der Waals surface area (Å²) in [6.45, 7) is 1.83. The lowest BCUT2D eigenvalue weighted by Gasteiger charge is -2.06. The van der Waals surface area contributed by atoms with Crippen molar-refractivity contribution >= 4 is 48.9 Å². The van der Waals surface area contributed by atoms with Crippen LogP contribution in [0.25, 0.3) is 20.3 Å². The van der Waals surface area contributed by atoms with E-state index >= 15 is 0 Å². The molecule has 0 radical (unpaired) electrons. The quantitative estimate of drug-likeness (QED) is 0.548. The summed E-state index contributed by atoms with van der Waals surface area (Å²) in [5.41, 5.74) is 1.29. The second kappa shape index (κ2) is 5.33. The largest absolute Gasteiger partial charge is 0.478 e. The number of aromatic nitrogens is 1. The van der Waals surface area contributed by atoms with E-state index in [1.165, 1.54) is 11.3 Å². The number of pyridine rings is 1. The number of carbonyl (C=O) groups is 1. The number of thiophene rings is 2. The standard InChI is InChI=1S/C17H11NO3S2/c1-9-15(17(19)20)11-3-2-10(8-14(11)23-9)21-13-4-6-18-12-5-7-22-16(12)13/h2-8H,1H3,(H,19,20). The van der Waals surface area contributed by atoms with E-state index in [0.29, 0.717) is 11.3 Å². The third-order valence-corrected chi connectivity index (χ3v) is 5.57. The molecule has 0 aliphatic rings. The van der Waals surface area contributed by atoms with Gasteiger partial charge in [0.25, 0.3) is 0 Å². The van der Waals surface area contributed by atoms with E-state index < -0.39 is 5.97 Å². The van der Waals surface area contributed by atoms with Gasteiger partial charge >= 0.3 is 5.97 Å². The van der Waals surface area contributed by atoms with E-state index in [-0.39, 0.29) is 0 Å². The summed E-state index contributed by atoms with van der Waals surface area (Å²) in [6.07, 6.45) is 1.72. The van der Waals surface area contributed by atoms with Crippen LogP contribution >= 0.6 is 22.7 Å². The minimum absolute atomic E-state index is 0.376. The van der Waals surface area contributed by atoms with Gasteiger partial charge in [-0.25, -0.2) is 4.79 Å². The van der Waals surface area contributed by atoms with Crippen molar-refractivity contribution < 1.29 is 14.6 Å². The van der Waals surface area contributed by atoms with Gasteiger partial charge in [-0.3, -0.25) is 4.98 Å². The number of carboxylic acid groups (broad SMARTS) is 1. The molecule has 4 nitrogen and oxygen atoms in total. The van der Waals surface area contributed by atoms with E-state index in [1.807, 2.05) is 36.6 Å². The van der Waals surface area contributed by atoms with Crippen molar-refractivity contribution in [3.05, 3.63) is 52.3 Å². The van der Waals surface area contributed by atoms with Crippen LogP contribution in [-0.4, -0.2) is 16.1 Å². The van der Waals surface area contributed by atoms with Gasteiger partial charge in [-0.1, -0.05) is 0 Å². The van der Waals surface area contributed by atoms with Gasteiger partial charge in [0.1, 0.15) is 11.5 Å². The molecule has 0 unspecified atom stereocenters. The van der Waals surface area contributed by atoms with E-state index in [0.717, 1.165) is 30.9 Å². The number of aromatic carboxylic acids is 1. The van der Waals surface area contributed by atoms with Crippen LogP contribution in [0.1, 0.15) is 15.2 Å². The minimum Gasteiger partial charge on any atom is -0.478 e. The molecule has 0 aliphatic heterocycles. The molecule has 3 heterocycles. The maximum absolute atomic E-state index is 11.4. The molecule has 114 valence electrons. The first kappa shape index (κ1) is 14.2. The highest BCUT2D eigenvalue weighted by atomic mass is 32.1. The molecule has 0 fully saturated rings. The monoisotopic (exact) mass is 341 g/mol. The molecule has 1 N–H and O–H groups in total. The van der Waals surface area contributed by atoms with Crippen molar-refractivity contribution in [3.63, 3.8) is 0 Å². The van der Waals surface area contributed by atoms with Gasteiger partial charge in [0.05, 0.1) is 15.8 Å². The smallest absolute Gasteiger partial charge is 0.337 e. The van der Waals surface area contributed by atoms with Crippen LogP contribution in [0.3, 0.4) is 0 Å². The molecule has 0 amide bonds. The Labute approximate surface area is 139 Å². The molecule has 0 atom stereocenters. The Morgan fingerprint density at radius 2 is 2.13 bits per heavy atom. The first-order valence-electron chi connectivity index (χ1n) is 6.90. The lowest BCUT2D eigenvalue weighted by molar-refractivity contribution is 0.0699. The number of aryl methyl sites for hydroxylation is 1. The molecular weight excluding hydrogens is 330 g/mol. The number of hydrogen-bond acceptors (Lipinski definition) is 5. The van der Waals surface area contributed by atoms with Crippen LogP contribution in [0.2, 0.25) is 0 Å². The van der Waals surface area contributed by atoms with Crippen molar-refractivity contribution in [2.75, 3.05) is 0 Å². The maximum Gasteiger partial charge on any atom is 0.337 e. The van der Waals surface area contributed by atoms with Crippen LogP contribution in [0.4, 0.5) is 0 Å². The molecule has 0 bridgehead atoms. The Morgan fingerprint density at radius 3 is 2.96 bits per heavy atom. The van der Waals surface area contributed by atoms with Gasteiger partial charge in [-0.15, -0.1) is 22.7 Å². The highest BCUT2D eigenvalue weighted by Gasteiger charge is 2.16. The van der Waals surface area contributed by atoms with Crippen molar-refractivity contribution in [2.24, 2.45) is 0 Å². The van der Waals surface area contributed by atoms with Gasteiger partial charge in [0.15, 0.2) is 0 Å². The summed E-state index contributed by atoms with van der Waals surface area (Å²) < 4.78 is 7.91. The lowest BCUT2D eigenvalue weighted by atomic mass is 10.1. The third kappa shape index (κ3) is 2.36. The fraction of sp³-hybridized carbons (Fsp3) is 0.0588. The second-order valence-electron chi connectivity index (χ2n) is 5.04. The van der Waals surface area contributed by atoms with Crippen molar-refractivity contribution in [1.29, 1.82) is 0 Å². The molecule has 23 heavy (non-hydrogen) atoms. The van der Waals surface area contributed by atoms with Gasteiger partial charge in [0, 0.05) is 27.2 Å². The summed E-state index contributed by atoms with van der Waals surface area (Å²) in [6, 6.07) is 9.30. The van der Waals surface area contributed by atoms with E-state index in [1.54, 1.807) is 23.6 Å². The Kier molecular flexibility index (Phi) is 3.28. The minimum atomic E-state index is -0.892. The number of ether oxygens (including phenoxy) is 1. The normalized spacial score (nSPS) is 11.2. The predicted octanol–water partition coefficient (Wildman–Crippen LogP) is 5.31. The molecular formula is C17H11NO3S2. The molecule has 3 aromatic heterocycles. The first-order chi connectivity index (χ1) is 11.1. The highest BCUT2D eigenvalue weighted by Crippen LogP contribution is 2.37. The average Bonchev–Trinajstić information content (AvgIpc) is 3.10. The molecule has 0 saturated carbocycles. The Bertz CT molecular complexity index is 1050. The zero-order valence-electron chi connectivity index (χ0n) is 12.1. The third-order valence-electron chi connectivity index (χ3n) is 3.59. The molecule has 4 aromatic rings. The zero-order chi connectivity index (χ0) is 16.0. The molecule has 0 spiro atoms. The topological polar surface area (TPSA) is 59.4 Å². The Hall–Kier alpha value is -2.44.